The molecule has 1 saturated carbocycles. The van der Waals surface area contributed by atoms with E-state index in [4.69, 9.17) is 0 Å². The van der Waals surface area contributed by atoms with Crippen LogP contribution < -0.4 is 10.3 Å². The number of anilines is 1. The molecule has 2 fully saturated rings. The molecule has 33 heavy (non-hydrogen) atoms. The molecule has 170 valence electrons. The standard InChI is InChI=1S/C26H27FN4O2/c1-18-16-22(32)24(25(20-7-8-20)31(18)17-19-5-9-21(27)10-6-19)26(33)30-14-12-29(13-15-30)23-4-2-3-11-28-23/h2-6,9-11,16,20H,7-8,12-15,17H2,1H3. The van der Waals surface area contributed by atoms with Crippen LogP contribution in [0.4, 0.5) is 10.2 Å². The van der Waals surface area contributed by atoms with E-state index in [-0.39, 0.29) is 23.1 Å². The Kier molecular flexibility index (Phi) is 5.70. The number of carbonyl (C=O) groups is 1. The van der Waals surface area contributed by atoms with Crippen LogP contribution >= 0.6 is 0 Å². The van der Waals surface area contributed by atoms with Crippen molar-refractivity contribution in [2.24, 2.45) is 0 Å². The van der Waals surface area contributed by atoms with E-state index in [0.29, 0.717) is 38.3 Å². The fraction of sp³-hybridized carbons (Fsp3) is 0.346. The van der Waals surface area contributed by atoms with E-state index in [0.717, 1.165) is 35.6 Å². The molecule has 0 radical (unpaired) electrons. The maximum absolute atomic E-state index is 13.6. The highest BCUT2D eigenvalue weighted by Crippen LogP contribution is 2.42. The first-order valence-electron chi connectivity index (χ1n) is 11.5. The fourth-order valence-corrected chi connectivity index (χ4v) is 4.61. The lowest BCUT2D eigenvalue weighted by molar-refractivity contribution is 0.0742. The van der Waals surface area contributed by atoms with Gasteiger partial charge in [-0.3, -0.25) is 9.59 Å². The van der Waals surface area contributed by atoms with Gasteiger partial charge in [-0.25, -0.2) is 9.37 Å². The van der Waals surface area contributed by atoms with Gasteiger partial charge >= 0.3 is 0 Å². The average Bonchev–Trinajstić information content (AvgIpc) is 3.67. The van der Waals surface area contributed by atoms with Gasteiger partial charge in [0, 0.05) is 62.3 Å². The van der Waals surface area contributed by atoms with Crippen molar-refractivity contribution in [3.63, 3.8) is 0 Å². The summed E-state index contributed by atoms with van der Waals surface area (Å²) in [7, 11) is 0. The van der Waals surface area contributed by atoms with E-state index >= 15 is 0 Å². The van der Waals surface area contributed by atoms with E-state index in [1.807, 2.05) is 25.1 Å². The summed E-state index contributed by atoms with van der Waals surface area (Å²) in [5.41, 5.74) is 2.69. The third-order valence-electron chi connectivity index (χ3n) is 6.53. The van der Waals surface area contributed by atoms with Crippen molar-refractivity contribution in [1.82, 2.24) is 14.5 Å². The van der Waals surface area contributed by atoms with Gasteiger partial charge in [0.25, 0.3) is 5.91 Å². The lowest BCUT2D eigenvalue weighted by Crippen LogP contribution is -2.50. The van der Waals surface area contributed by atoms with E-state index in [9.17, 15) is 14.0 Å². The highest BCUT2D eigenvalue weighted by molar-refractivity contribution is 5.95. The van der Waals surface area contributed by atoms with E-state index in [1.54, 1.807) is 29.3 Å². The van der Waals surface area contributed by atoms with Crippen molar-refractivity contribution in [3.05, 3.63) is 93.3 Å². The number of pyridine rings is 2. The first-order chi connectivity index (χ1) is 16.0. The molecular weight excluding hydrogens is 419 g/mol. The summed E-state index contributed by atoms with van der Waals surface area (Å²) < 4.78 is 15.5. The van der Waals surface area contributed by atoms with Crippen LogP contribution in [0.15, 0.2) is 59.5 Å². The molecule has 2 aromatic heterocycles. The summed E-state index contributed by atoms with van der Waals surface area (Å²) in [5.74, 6) is 0.654. The van der Waals surface area contributed by atoms with Crippen molar-refractivity contribution < 1.29 is 9.18 Å². The zero-order valence-electron chi connectivity index (χ0n) is 18.7. The Labute approximate surface area is 192 Å². The molecule has 7 heteroatoms. The maximum atomic E-state index is 13.6. The summed E-state index contributed by atoms with van der Waals surface area (Å²) in [5, 5.41) is 0. The molecule has 3 heterocycles. The number of rotatable bonds is 5. The van der Waals surface area contributed by atoms with Crippen LogP contribution in [-0.2, 0) is 6.54 Å². The number of aromatic nitrogens is 2. The van der Waals surface area contributed by atoms with Crippen LogP contribution in [0.5, 0.6) is 0 Å². The summed E-state index contributed by atoms with van der Waals surface area (Å²) in [6.07, 6.45) is 3.71. The Morgan fingerprint density at radius 3 is 2.42 bits per heavy atom. The topological polar surface area (TPSA) is 58.4 Å². The lowest BCUT2D eigenvalue weighted by atomic mass is 10.0. The number of benzene rings is 1. The SMILES string of the molecule is Cc1cc(=O)c(C(=O)N2CCN(c3ccccn3)CC2)c(C2CC2)n1Cc1ccc(F)cc1. The van der Waals surface area contributed by atoms with Crippen molar-refractivity contribution in [3.8, 4) is 0 Å². The summed E-state index contributed by atoms with van der Waals surface area (Å²) in [4.78, 5) is 35.0. The van der Waals surface area contributed by atoms with Crippen molar-refractivity contribution in [1.29, 1.82) is 0 Å². The largest absolute Gasteiger partial charge is 0.353 e. The minimum Gasteiger partial charge on any atom is -0.353 e. The number of halogens is 1. The second kappa shape index (κ2) is 8.81. The highest BCUT2D eigenvalue weighted by atomic mass is 19.1. The molecule has 0 unspecified atom stereocenters. The minimum atomic E-state index is -0.279. The molecule has 6 nitrogen and oxygen atoms in total. The number of piperazine rings is 1. The molecule has 0 N–H and O–H groups in total. The van der Waals surface area contributed by atoms with Crippen LogP contribution in [0, 0.1) is 12.7 Å². The number of aryl methyl sites for hydroxylation is 1. The van der Waals surface area contributed by atoms with Gasteiger partial charge in [0.2, 0.25) is 0 Å². The summed E-state index contributed by atoms with van der Waals surface area (Å²) in [6.45, 7) is 4.85. The van der Waals surface area contributed by atoms with Gasteiger partial charge < -0.3 is 14.4 Å². The van der Waals surface area contributed by atoms with Gasteiger partial charge in [-0.2, -0.15) is 0 Å². The van der Waals surface area contributed by atoms with Gasteiger partial charge in [0.1, 0.15) is 17.2 Å². The molecule has 0 bridgehead atoms. The molecule has 1 saturated heterocycles. The van der Waals surface area contributed by atoms with Crippen molar-refractivity contribution in [2.75, 3.05) is 31.1 Å². The van der Waals surface area contributed by atoms with Gasteiger partial charge in [-0.1, -0.05) is 18.2 Å². The average molecular weight is 447 g/mol. The quantitative estimate of drug-likeness (QED) is 0.601. The first-order valence-corrected chi connectivity index (χ1v) is 11.5. The van der Waals surface area contributed by atoms with Crippen LogP contribution in [0.2, 0.25) is 0 Å². The molecule has 5 rings (SSSR count). The zero-order chi connectivity index (χ0) is 22.9. The van der Waals surface area contributed by atoms with Gasteiger partial charge in [0.05, 0.1) is 0 Å². The van der Waals surface area contributed by atoms with E-state index < -0.39 is 0 Å². The Bertz CT molecular complexity index is 1210. The molecule has 0 atom stereocenters. The molecule has 3 aromatic rings. The Morgan fingerprint density at radius 1 is 1.06 bits per heavy atom. The molecule has 0 spiro atoms. The molecule has 1 aliphatic carbocycles. The summed E-state index contributed by atoms with van der Waals surface area (Å²) in [6, 6.07) is 13.8. The summed E-state index contributed by atoms with van der Waals surface area (Å²) >= 11 is 0. The number of hydrogen-bond acceptors (Lipinski definition) is 4. The Morgan fingerprint density at radius 2 is 1.79 bits per heavy atom. The first kappa shape index (κ1) is 21.4. The third kappa shape index (κ3) is 4.40. The van der Waals surface area contributed by atoms with Gasteiger partial charge in [-0.05, 0) is 49.6 Å². The molecular formula is C26H27FN4O2. The minimum absolute atomic E-state index is 0.185. The number of nitrogens with zero attached hydrogens (tertiary/aromatic N) is 4. The number of amides is 1. The smallest absolute Gasteiger partial charge is 0.259 e. The second-order valence-electron chi connectivity index (χ2n) is 8.86. The van der Waals surface area contributed by atoms with E-state index in [1.165, 1.54) is 12.1 Å². The highest BCUT2D eigenvalue weighted by Gasteiger charge is 2.35. The predicted octanol–water partition coefficient (Wildman–Crippen LogP) is 3.58. The van der Waals surface area contributed by atoms with E-state index in [2.05, 4.69) is 14.5 Å². The zero-order valence-corrected chi connectivity index (χ0v) is 18.7. The monoisotopic (exact) mass is 446 g/mol. The van der Waals surface area contributed by atoms with Crippen LogP contribution in [0.1, 0.15) is 46.1 Å². The second-order valence-corrected chi connectivity index (χ2v) is 8.86. The van der Waals surface area contributed by atoms with Crippen LogP contribution in [0.25, 0.3) is 0 Å². The molecule has 2 aliphatic rings. The molecule has 1 aliphatic heterocycles. The normalized spacial score (nSPS) is 16.2. The van der Waals surface area contributed by atoms with Gasteiger partial charge in [0.15, 0.2) is 5.43 Å². The lowest BCUT2D eigenvalue weighted by Gasteiger charge is -2.35. The molecule has 1 aromatic carbocycles. The van der Waals surface area contributed by atoms with Crippen LogP contribution in [-0.4, -0.2) is 46.5 Å². The Balaban J connectivity index is 1.43. The number of hydrogen-bond donors (Lipinski definition) is 0. The fourth-order valence-electron chi connectivity index (χ4n) is 4.61. The number of carbonyl (C=O) groups excluding carboxylic acids is 1. The Hall–Kier alpha value is -3.48. The molecule has 1 amide bonds. The predicted molar refractivity (Wildman–Crippen MR) is 125 cm³/mol. The third-order valence-corrected chi connectivity index (χ3v) is 6.53. The van der Waals surface area contributed by atoms with Gasteiger partial charge in [-0.15, -0.1) is 0 Å². The van der Waals surface area contributed by atoms with Crippen LogP contribution in [0.3, 0.4) is 0 Å². The van der Waals surface area contributed by atoms with Crippen molar-refractivity contribution >= 4 is 11.7 Å². The maximum Gasteiger partial charge on any atom is 0.259 e. The van der Waals surface area contributed by atoms with Crippen molar-refractivity contribution in [2.45, 2.75) is 32.2 Å².